The number of imide groups is 1. The molecule has 10 nitrogen and oxygen atoms in total. The maximum Gasteiger partial charge on any atom is 0.417 e. The number of piperidine rings is 1. The Morgan fingerprint density at radius 1 is 1.33 bits per heavy atom. The SMILES string of the molecule is [C-]#[N+]c1c(N2CCC(N3C(=O)COC3=O)CC2)nc(SC(C(N)=O)c2ccccc2)c(C#N)c1CC. The number of carbonyl (C=O) groups excluding carboxylic acids is 3. The number of anilines is 1. The Balaban J connectivity index is 1.69. The standard InChI is InChI=1S/C25H24N6O4S/c1-3-17-18(13-26)24(36-21(22(27)33)15-7-5-4-6-8-15)29-23(20(17)28-2)30-11-9-16(10-12-30)31-19(32)14-35-25(31)34/h4-8,16,21H,3,9-12,14H2,1H3,(H2,27,33). The first-order valence-corrected chi connectivity index (χ1v) is 12.4. The maximum absolute atomic E-state index is 12.3. The van der Waals surface area contributed by atoms with E-state index in [9.17, 15) is 19.6 Å². The van der Waals surface area contributed by atoms with Crippen molar-refractivity contribution in [2.45, 2.75) is 42.5 Å². The van der Waals surface area contributed by atoms with E-state index in [0.717, 1.165) is 11.8 Å². The van der Waals surface area contributed by atoms with Gasteiger partial charge in [0.15, 0.2) is 6.61 Å². The van der Waals surface area contributed by atoms with Gasteiger partial charge in [0.25, 0.3) is 5.91 Å². The zero-order valence-corrected chi connectivity index (χ0v) is 20.5. The summed E-state index contributed by atoms with van der Waals surface area (Å²) in [5, 5.41) is 9.54. The van der Waals surface area contributed by atoms with Crippen LogP contribution in [0.5, 0.6) is 0 Å². The van der Waals surface area contributed by atoms with E-state index in [2.05, 4.69) is 10.9 Å². The molecule has 1 aromatic carbocycles. The van der Waals surface area contributed by atoms with Crippen molar-refractivity contribution in [2.24, 2.45) is 5.73 Å². The Labute approximate surface area is 212 Å². The van der Waals surface area contributed by atoms with Gasteiger partial charge in [0.05, 0.1) is 12.1 Å². The van der Waals surface area contributed by atoms with Gasteiger partial charge in [-0.2, -0.15) is 5.26 Å². The zero-order valence-electron chi connectivity index (χ0n) is 19.6. The van der Waals surface area contributed by atoms with E-state index in [1.165, 1.54) is 4.90 Å². The number of primary amides is 1. The molecule has 2 aliphatic heterocycles. The van der Waals surface area contributed by atoms with Gasteiger partial charge in [0.1, 0.15) is 22.2 Å². The van der Waals surface area contributed by atoms with Crippen molar-refractivity contribution in [3.8, 4) is 6.07 Å². The van der Waals surface area contributed by atoms with Crippen LogP contribution in [0.1, 0.15) is 41.7 Å². The number of thioether (sulfide) groups is 1. The predicted molar refractivity (Wildman–Crippen MR) is 132 cm³/mol. The number of carbonyl (C=O) groups is 3. The second-order valence-corrected chi connectivity index (χ2v) is 9.46. The van der Waals surface area contributed by atoms with Crippen molar-refractivity contribution in [2.75, 3.05) is 24.6 Å². The highest BCUT2D eigenvalue weighted by Crippen LogP contribution is 2.43. The lowest BCUT2D eigenvalue weighted by molar-refractivity contribution is -0.127. The molecule has 1 aromatic heterocycles. The van der Waals surface area contributed by atoms with E-state index in [-0.39, 0.29) is 24.1 Å². The molecule has 0 bridgehead atoms. The number of nitrogens with zero attached hydrogens (tertiary/aromatic N) is 5. The molecule has 2 fully saturated rings. The topological polar surface area (TPSA) is 134 Å². The summed E-state index contributed by atoms with van der Waals surface area (Å²) < 4.78 is 4.84. The summed E-state index contributed by atoms with van der Waals surface area (Å²) in [5.41, 5.74) is 7.53. The van der Waals surface area contributed by atoms with Crippen LogP contribution >= 0.6 is 11.8 Å². The van der Waals surface area contributed by atoms with Crippen LogP contribution in [0.15, 0.2) is 35.4 Å². The number of nitriles is 1. The molecule has 3 amide bonds. The Hall–Kier alpha value is -4.09. The van der Waals surface area contributed by atoms with Gasteiger partial charge in [-0.25, -0.2) is 19.5 Å². The Morgan fingerprint density at radius 2 is 2.03 bits per heavy atom. The number of nitrogens with two attached hydrogens (primary N) is 1. The molecule has 36 heavy (non-hydrogen) atoms. The average Bonchev–Trinajstić information content (AvgIpc) is 3.24. The first-order chi connectivity index (χ1) is 17.4. The lowest BCUT2D eigenvalue weighted by Gasteiger charge is -2.36. The van der Waals surface area contributed by atoms with Crippen molar-refractivity contribution in [3.63, 3.8) is 0 Å². The minimum Gasteiger partial charge on any atom is -0.439 e. The summed E-state index contributed by atoms with van der Waals surface area (Å²) in [6.45, 7) is 10.4. The quantitative estimate of drug-likeness (QED) is 0.448. The number of rotatable bonds is 7. The molecule has 0 aliphatic carbocycles. The van der Waals surface area contributed by atoms with Gasteiger partial charge in [-0.1, -0.05) is 49.0 Å². The molecule has 1 atom stereocenters. The molecular formula is C25H24N6O4S. The summed E-state index contributed by atoms with van der Waals surface area (Å²) in [6.07, 6.45) is 0.804. The van der Waals surface area contributed by atoms with Crippen molar-refractivity contribution >= 4 is 41.2 Å². The Morgan fingerprint density at radius 3 is 2.56 bits per heavy atom. The molecule has 0 saturated carbocycles. The fraction of sp³-hybridized carbons (Fsp3) is 0.360. The number of pyridine rings is 1. The highest BCUT2D eigenvalue weighted by Gasteiger charge is 2.39. The fourth-order valence-corrected chi connectivity index (χ4v) is 5.61. The van der Waals surface area contributed by atoms with Crippen molar-refractivity contribution < 1.29 is 19.1 Å². The fourth-order valence-electron chi connectivity index (χ4n) is 4.55. The predicted octanol–water partition coefficient (Wildman–Crippen LogP) is 3.33. The van der Waals surface area contributed by atoms with Gasteiger partial charge in [-0.3, -0.25) is 9.59 Å². The summed E-state index contributed by atoms with van der Waals surface area (Å²) in [6, 6.07) is 10.9. The summed E-state index contributed by atoms with van der Waals surface area (Å²) >= 11 is 1.10. The average molecular weight is 505 g/mol. The molecule has 2 aliphatic rings. The number of benzene rings is 1. The lowest BCUT2D eigenvalue weighted by Crippen LogP contribution is -2.47. The highest BCUT2D eigenvalue weighted by atomic mass is 32.2. The minimum absolute atomic E-state index is 0.235. The van der Waals surface area contributed by atoms with E-state index in [4.69, 9.17) is 22.0 Å². The normalized spacial score (nSPS) is 16.9. The van der Waals surface area contributed by atoms with Gasteiger partial charge in [0, 0.05) is 19.1 Å². The van der Waals surface area contributed by atoms with E-state index in [1.54, 1.807) is 24.3 Å². The van der Waals surface area contributed by atoms with Crippen molar-refractivity contribution in [3.05, 3.63) is 58.4 Å². The third kappa shape index (κ3) is 4.70. The third-order valence-electron chi connectivity index (χ3n) is 6.30. The molecule has 0 spiro atoms. The molecule has 2 saturated heterocycles. The number of hydrogen-bond acceptors (Lipinski definition) is 8. The Bertz CT molecular complexity index is 1260. The zero-order chi connectivity index (χ0) is 25.8. The van der Waals surface area contributed by atoms with Crippen LogP contribution in [0.4, 0.5) is 16.3 Å². The molecular weight excluding hydrogens is 480 g/mol. The number of ether oxygens (including phenoxy) is 1. The summed E-state index contributed by atoms with van der Waals surface area (Å²) in [4.78, 5) is 47.9. The van der Waals surface area contributed by atoms with E-state index in [1.807, 2.05) is 17.9 Å². The number of hydrogen-bond donors (Lipinski definition) is 1. The van der Waals surface area contributed by atoms with Gasteiger partial charge < -0.3 is 15.4 Å². The second-order valence-electron chi connectivity index (χ2n) is 8.37. The first-order valence-electron chi connectivity index (χ1n) is 11.5. The maximum atomic E-state index is 12.3. The molecule has 2 N–H and O–H groups in total. The third-order valence-corrected chi connectivity index (χ3v) is 7.56. The summed E-state index contributed by atoms with van der Waals surface area (Å²) in [5.74, 6) is -0.482. The van der Waals surface area contributed by atoms with Gasteiger partial charge in [-0.05, 0) is 30.4 Å². The smallest absolute Gasteiger partial charge is 0.417 e. The molecule has 11 heteroatoms. The largest absolute Gasteiger partial charge is 0.439 e. The summed E-state index contributed by atoms with van der Waals surface area (Å²) in [7, 11) is 0. The van der Waals surface area contributed by atoms with Crippen molar-refractivity contribution in [1.29, 1.82) is 5.26 Å². The highest BCUT2D eigenvalue weighted by molar-refractivity contribution is 8.00. The van der Waals surface area contributed by atoms with Crippen LogP contribution in [0.3, 0.4) is 0 Å². The van der Waals surface area contributed by atoms with Crippen LogP contribution in [-0.4, -0.2) is 53.5 Å². The second kappa shape index (κ2) is 10.7. The van der Waals surface area contributed by atoms with Crippen LogP contribution in [0.25, 0.3) is 4.85 Å². The lowest BCUT2D eigenvalue weighted by atomic mass is 10.0. The number of amides is 3. The number of aromatic nitrogens is 1. The monoisotopic (exact) mass is 504 g/mol. The first kappa shape index (κ1) is 25.0. The number of cyclic esters (lactones) is 1. The van der Waals surface area contributed by atoms with Crippen LogP contribution in [0.2, 0.25) is 0 Å². The van der Waals surface area contributed by atoms with Crippen LogP contribution < -0.4 is 10.6 Å². The van der Waals surface area contributed by atoms with E-state index < -0.39 is 17.3 Å². The van der Waals surface area contributed by atoms with E-state index in [0.29, 0.717) is 60.0 Å². The molecule has 184 valence electrons. The molecule has 3 heterocycles. The van der Waals surface area contributed by atoms with E-state index >= 15 is 0 Å². The van der Waals surface area contributed by atoms with Gasteiger partial charge in [0.2, 0.25) is 11.6 Å². The molecule has 0 radical (unpaired) electrons. The molecule has 1 unspecified atom stereocenters. The molecule has 2 aromatic rings. The van der Waals surface area contributed by atoms with Crippen molar-refractivity contribution in [1.82, 2.24) is 9.88 Å². The van der Waals surface area contributed by atoms with Crippen LogP contribution in [-0.2, 0) is 20.7 Å². The van der Waals surface area contributed by atoms with Gasteiger partial charge in [-0.15, -0.1) is 0 Å². The van der Waals surface area contributed by atoms with Crippen LogP contribution in [0, 0.1) is 17.9 Å². The molecule has 4 rings (SSSR count). The van der Waals surface area contributed by atoms with Gasteiger partial charge >= 0.3 is 6.09 Å². The Kier molecular flexibility index (Phi) is 7.41. The minimum atomic E-state index is -0.764.